The summed E-state index contributed by atoms with van der Waals surface area (Å²) in [5.41, 5.74) is 3.85. The van der Waals surface area contributed by atoms with Gasteiger partial charge in [0.25, 0.3) is 0 Å². The van der Waals surface area contributed by atoms with Crippen LogP contribution < -0.4 is 0 Å². The highest BCUT2D eigenvalue weighted by atomic mass is 35.5. The molecule has 0 fully saturated rings. The quantitative estimate of drug-likeness (QED) is 0.884. The molecule has 2 aromatic carbocycles. The molecule has 19 heavy (non-hydrogen) atoms. The number of hydrogen-bond donors (Lipinski definition) is 1. The Morgan fingerprint density at radius 1 is 1.16 bits per heavy atom. The zero-order valence-electron chi connectivity index (χ0n) is 11.0. The average Bonchev–Trinajstić information content (AvgIpc) is 2.32. The molecule has 0 aromatic heterocycles. The third kappa shape index (κ3) is 3.34. The first-order valence-electron chi connectivity index (χ1n) is 6.16. The molecule has 2 aromatic rings. The molecule has 1 nitrogen and oxygen atoms in total. The van der Waals surface area contributed by atoms with E-state index in [0.29, 0.717) is 17.0 Å². The van der Waals surface area contributed by atoms with Crippen LogP contribution in [-0.2, 0) is 6.42 Å². The Kier molecular flexibility index (Phi) is 4.23. The van der Waals surface area contributed by atoms with E-state index in [1.807, 2.05) is 32.0 Å². The highest BCUT2D eigenvalue weighted by Crippen LogP contribution is 2.25. The van der Waals surface area contributed by atoms with E-state index in [1.54, 1.807) is 6.07 Å². The van der Waals surface area contributed by atoms with Crippen LogP contribution in [0.15, 0.2) is 36.4 Å². The van der Waals surface area contributed by atoms with Crippen LogP contribution in [0.2, 0.25) is 5.02 Å². The molecule has 0 radical (unpaired) electrons. The van der Waals surface area contributed by atoms with Gasteiger partial charge in [0.1, 0.15) is 5.82 Å². The van der Waals surface area contributed by atoms with Gasteiger partial charge in [-0.05, 0) is 54.3 Å². The minimum absolute atomic E-state index is 0.301. The summed E-state index contributed by atoms with van der Waals surface area (Å²) in [5, 5.41) is 10.5. The first-order valence-corrected chi connectivity index (χ1v) is 6.54. The minimum Gasteiger partial charge on any atom is -0.388 e. The smallest absolute Gasteiger partial charge is 0.125 e. The lowest BCUT2D eigenvalue weighted by atomic mass is 9.94. The van der Waals surface area contributed by atoms with E-state index >= 15 is 0 Å². The predicted octanol–water partition coefficient (Wildman–Crippen LogP) is 4.37. The van der Waals surface area contributed by atoms with E-state index in [1.165, 1.54) is 12.1 Å². The summed E-state index contributed by atoms with van der Waals surface area (Å²) in [6.07, 6.45) is -0.300. The lowest BCUT2D eigenvalue weighted by Gasteiger charge is -2.15. The zero-order chi connectivity index (χ0) is 14.0. The molecule has 2 rings (SSSR count). The monoisotopic (exact) mass is 278 g/mol. The lowest BCUT2D eigenvalue weighted by molar-refractivity contribution is 0.177. The van der Waals surface area contributed by atoms with Crippen molar-refractivity contribution < 1.29 is 9.50 Å². The van der Waals surface area contributed by atoms with Crippen LogP contribution in [0.1, 0.15) is 28.4 Å². The molecule has 100 valence electrons. The number of benzene rings is 2. The van der Waals surface area contributed by atoms with Gasteiger partial charge in [-0.3, -0.25) is 0 Å². The van der Waals surface area contributed by atoms with E-state index in [4.69, 9.17) is 11.6 Å². The van der Waals surface area contributed by atoms with Gasteiger partial charge in [0.05, 0.1) is 6.10 Å². The van der Waals surface area contributed by atoms with Gasteiger partial charge < -0.3 is 5.11 Å². The molecule has 0 amide bonds. The molecule has 0 saturated carbocycles. The summed E-state index contributed by atoms with van der Waals surface area (Å²) in [4.78, 5) is 0. The van der Waals surface area contributed by atoms with Gasteiger partial charge in [0, 0.05) is 11.4 Å². The molecule has 0 heterocycles. The molecule has 1 N–H and O–H groups in total. The number of aryl methyl sites for hydroxylation is 2. The molecule has 0 aliphatic carbocycles. The second kappa shape index (κ2) is 5.72. The summed E-state index contributed by atoms with van der Waals surface area (Å²) >= 11 is 5.81. The lowest BCUT2D eigenvalue weighted by Crippen LogP contribution is -2.05. The van der Waals surface area contributed by atoms with E-state index in [9.17, 15) is 9.50 Å². The van der Waals surface area contributed by atoms with Gasteiger partial charge in [-0.1, -0.05) is 29.8 Å². The van der Waals surface area contributed by atoms with Crippen molar-refractivity contribution in [3.8, 4) is 0 Å². The summed E-state index contributed by atoms with van der Waals surface area (Å²) in [7, 11) is 0. The van der Waals surface area contributed by atoms with Crippen LogP contribution in [-0.4, -0.2) is 5.11 Å². The molecule has 0 aliphatic rings. The van der Waals surface area contributed by atoms with Gasteiger partial charge in [-0.25, -0.2) is 4.39 Å². The van der Waals surface area contributed by atoms with Gasteiger partial charge >= 0.3 is 0 Å². The van der Waals surface area contributed by atoms with Crippen LogP contribution in [0, 0.1) is 19.7 Å². The van der Waals surface area contributed by atoms with Crippen molar-refractivity contribution in [3.63, 3.8) is 0 Å². The van der Waals surface area contributed by atoms with Crippen LogP contribution in [0.25, 0.3) is 0 Å². The second-order valence-corrected chi connectivity index (χ2v) is 5.23. The van der Waals surface area contributed by atoms with E-state index < -0.39 is 11.9 Å². The zero-order valence-corrected chi connectivity index (χ0v) is 11.7. The van der Waals surface area contributed by atoms with Gasteiger partial charge in [-0.2, -0.15) is 0 Å². The third-order valence-corrected chi connectivity index (χ3v) is 3.53. The molecular formula is C16H16ClFO. The van der Waals surface area contributed by atoms with Crippen LogP contribution in [0.4, 0.5) is 4.39 Å². The molecular weight excluding hydrogens is 263 g/mol. The number of hydrogen-bond acceptors (Lipinski definition) is 1. The van der Waals surface area contributed by atoms with Crippen LogP contribution in [0.5, 0.6) is 0 Å². The second-order valence-electron chi connectivity index (χ2n) is 4.79. The molecule has 1 unspecified atom stereocenters. The topological polar surface area (TPSA) is 20.2 Å². The highest BCUT2D eigenvalue weighted by Gasteiger charge is 2.13. The van der Waals surface area contributed by atoms with Crippen molar-refractivity contribution in [2.75, 3.05) is 0 Å². The van der Waals surface area contributed by atoms with Crippen molar-refractivity contribution in [1.29, 1.82) is 0 Å². The maximum absolute atomic E-state index is 13.3. The largest absolute Gasteiger partial charge is 0.388 e. The summed E-state index contributed by atoms with van der Waals surface area (Å²) in [6, 6.07) is 10.2. The maximum Gasteiger partial charge on any atom is 0.125 e. The average molecular weight is 279 g/mol. The Balaban J connectivity index is 2.28. The van der Waals surface area contributed by atoms with Crippen molar-refractivity contribution >= 4 is 11.6 Å². The SMILES string of the molecule is Cc1cccc(C)c1CC(O)c1cc(F)cc(Cl)c1. The van der Waals surface area contributed by atoms with Crippen LogP contribution in [0.3, 0.4) is 0 Å². The van der Waals surface area contributed by atoms with Gasteiger partial charge in [0.2, 0.25) is 0 Å². The third-order valence-electron chi connectivity index (χ3n) is 3.31. The number of aliphatic hydroxyl groups is 1. The number of aliphatic hydroxyl groups excluding tert-OH is 1. The van der Waals surface area contributed by atoms with Gasteiger partial charge in [0.15, 0.2) is 0 Å². The molecule has 3 heteroatoms. The fourth-order valence-corrected chi connectivity index (χ4v) is 2.48. The number of halogens is 2. The van der Waals surface area contributed by atoms with Gasteiger partial charge in [-0.15, -0.1) is 0 Å². The molecule has 0 bridgehead atoms. The van der Waals surface area contributed by atoms with Crippen molar-refractivity contribution in [2.24, 2.45) is 0 Å². The Bertz CT molecular complexity index is 555. The van der Waals surface area contributed by atoms with Crippen molar-refractivity contribution in [3.05, 3.63) is 69.5 Å². The normalized spacial score (nSPS) is 12.5. The standard InChI is InChI=1S/C16H16ClFO/c1-10-4-3-5-11(2)15(10)9-16(19)12-6-13(17)8-14(18)7-12/h3-8,16,19H,9H2,1-2H3. The summed E-state index contributed by atoms with van der Waals surface area (Å²) < 4.78 is 13.3. The van der Waals surface area contributed by atoms with E-state index in [-0.39, 0.29) is 0 Å². The van der Waals surface area contributed by atoms with Crippen LogP contribution >= 0.6 is 11.6 Å². The van der Waals surface area contributed by atoms with E-state index in [0.717, 1.165) is 16.7 Å². The Labute approximate surface area is 117 Å². The first kappa shape index (κ1) is 14.0. The summed E-state index contributed by atoms with van der Waals surface area (Å²) in [5.74, 6) is -0.428. The first-order chi connectivity index (χ1) is 8.97. The maximum atomic E-state index is 13.3. The van der Waals surface area contributed by atoms with Crippen molar-refractivity contribution in [1.82, 2.24) is 0 Å². The Hall–Kier alpha value is -1.38. The molecule has 1 atom stereocenters. The Morgan fingerprint density at radius 2 is 1.79 bits per heavy atom. The van der Waals surface area contributed by atoms with E-state index in [2.05, 4.69) is 0 Å². The molecule has 0 aliphatic heterocycles. The highest BCUT2D eigenvalue weighted by molar-refractivity contribution is 6.30. The summed E-state index contributed by atoms with van der Waals surface area (Å²) in [6.45, 7) is 4.02. The fourth-order valence-electron chi connectivity index (χ4n) is 2.25. The molecule has 0 saturated heterocycles. The predicted molar refractivity (Wildman–Crippen MR) is 76.0 cm³/mol. The molecule has 0 spiro atoms. The minimum atomic E-state index is -0.756. The number of rotatable bonds is 3. The van der Waals surface area contributed by atoms with Crippen molar-refractivity contribution in [2.45, 2.75) is 26.4 Å². The fraction of sp³-hybridized carbons (Fsp3) is 0.250. The Morgan fingerprint density at radius 3 is 2.37 bits per heavy atom.